The van der Waals surface area contributed by atoms with E-state index in [1.54, 1.807) is 0 Å². The molecular weight excluding hydrogens is 621 g/mol. The van der Waals surface area contributed by atoms with Crippen LogP contribution in [-0.2, 0) is 0 Å². The van der Waals surface area contributed by atoms with Crippen molar-refractivity contribution < 1.29 is 4.42 Å². The van der Waals surface area contributed by atoms with Crippen molar-refractivity contribution in [3.63, 3.8) is 0 Å². The van der Waals surface area contributed by atoms with Crippen molar-refractivity contribution in [2.24, 2.45) is 0 Å². The predicted octanol–water partition coefficient (Wildman–Crippen LogP) is 13.0. The molecule has 0 amide bonds. The van der Waals surface area contributed by atoms with Crippen LogP contribution in [0.1, 0.15) is 0 Å². The number of fused-ring (bicyclic) bond motifs is 6. The molecule has 51 heavy (non-hydrogen) atoms. The molecule has 10 rings (SSSR count). The number of hydrogen-bond donors (Lipinski definition) is 0. The van der Waals surface area contributed by atoms with E-state index in [9.17, 15) is 0 Å². The molecule has 0 atom stereocenters. The molecule has 0 aliphatic carbocycles. The third-order valence-corrected chi connectivity index (χ3v) is 9.89. The van der Waals surface area contributed by atoms with Gasteiger partial charge in [-0.15, -0.1) is 0 Å². The van der Waals surface area contributed by atoms with Crippen LogP contribution in [-0.4, -0.2) is 9.97 Å². The highest BCUT2D eigenvalue weighted by atomic mass is 16.3. The summed E-state index contributed by atoms with van der Waals surface area (Å²) in [5, 5.41) is 6.78. The summed E-state index contributed by atoms with van der Waals surface area (Å²) in [6.45, 7) is 0. The van der Waals surface area contributed by atoms with Crippen molar-refractivity contribution in [2.45, 2.75) is 0 Å². The van der Waals surface area contributed by atoms with Crippen LogP contribution in [0.15, 0.2) is 186 Å². The minimum atomic E-state index is 0.692. The molecule has 0 N–H and O–H groups in total. The van der Waals surface area contributed by atoms with Crippen LogP contribution in [0.4, 0.5) is 0 Å². The molecule has 8 aromatic carbocycles. The van der Waals surface area contributed by atoms with Crippen molar-refractivity contribution in [2.75, 3.05) is 0 Å². The van der Waals surface area contributed by atoms with Gasteiger partial charge in [0.2, 0.25) is 0 Å². The largest absolute Gasteiger partial charge is 0.455 e. The van der Waals surface area contributed by atoms with Gasteiger partial charge in [-0.1, -0.05) is 164 Å². The van der Waals surface area contributed by atoms with E-state index < -0.39 is 0 Å². The number of nitrogens with zero attached hydrogens (tertiary/aromatic N) is 2. The van der Waals surface area contributed by atoms with Crippen molar-refractivity contribution in [1.29, 1.82) is 0 Å². The summed E-state index contributed by atoms with van der Waals surface area (Å²) in [5.41, 5.74) is 11.1. The topological polar surface area (TPSA) is 38.9 Å². The zero-order chi connectivity index (χ0) is 33.7. The van der Waals surface area contributed by atoms with Gasteiger partial charge in [-0.05, 0) is 56.6 Å². The standard InChI is InChI=1S/C48H30N2O/c1-4-15-31(16-5-1)40-29-41-46-39(25-14-26-44(46)51-47(41)37-24-13-12-23-36(37)40)45-35-22-11-10-17-32(35)27-28-38(45)43-30-42(33-18-6-2-7-19-33)49-48(50-43)34-20-8-3-9-21-34/h1-30H. The van der Waals surface area contributed by atoms with Crippen LogP contribution in [0.3, 0.4) is 0 Å². The Morgan fingerprint density at radius 2 is 1.00 bits per heavy atom. The van der Waals surface area contributed by atoms with Crippen molar-refractivity contribution in [3.05, 3.63) is 182 Å². The van der Waals surface area contributed by atoms with Crippen LogP contribution >= 0.6 is 0 Å². The average molecular weight is 651 g/mol. The summed E-state index contributed by atoms with van der Waals surface area (Å²) in [6, 6.07) is 63.7. The maximum Gasteiger partial charge on any atom is 0.160 e. The maximum absolute atomic E-state index is 6.80. The zero-order valence-corrected chi connectivity index (χ0v) is 27.6. The highest BCUT2D eigenvalue weighted by Crippen LogP contribution is 2.47. The molecule has 0 unspecified atom stereocenters. The second kappa shape index (κ2) is 11.9. The molecule has 0 radical (unpaired) electrons. The molecule has 0 spiro atoms. The Kier molecular flexibility index (Phi) is 6.81. The summed E-state index contributed by atoms with van der Waals surface area (Å²) in [7, 11) is 0. The summed E-state index contributed by atoms with van der Waals surface area (Å²) < 4.78 is 6.80. The minimum absolute atomic E-state index is 0.692. The lowest BCUT2D eigenvalue weighted by atomic mass is 9.88. The van der Waals surface area contributed by atoms with E-state index in [0.717, 1.165) is 77.3 Å². The zero-order valence-electron chi connectivity index (χ0n) is 27.6. The van der Waals surface area contributed by atoms with Crippen molar-refractivity contribution >= 4 is 43.5 Å². The molecule has 0 bridgehead atoms. The van der Waals surface area contributed by atoms with Gasteiger partial charge in [-0.25, -0.2) is 9.97 Å². The SMILES string of the molecule is c1ccc(-c2cc(-c3ccc4ccccc4c3-c3cccc4oc5c6ccccc6c(-c6ccccc6)cc5c34)nc(-c3ccccc3)n2)cc1. The monoisotopic (exact) mass is 650 g/mol. The minimum Gasteiger partial charge on any atom is -0.455 e. The summed E-state index contributed by atoms with van der Waals surface area (Å²) in [4.78, 5) is 10.4. The van der Waals surface area contributed by atoms with Crippen LogP contribution < -0.4 is 0 Å². The third-order valence-electron chi connectivity index (χ3n) is 9.89. The lowest BCUT2D eigenvalue weighted by Gasteiger charge is -2.16. The van der Waals surface area contributed by atoms with Crippen LogP contribution in [0.5, 0.6) is 0 Å². The molecule has 0 saturated carbocycles. The van der Waals surface area contributed by atoms with Crippen LogP contribution in [0, 0.1) is 0 Å². The fourth-order valence-electron chi connectivity index (χ4n) is 7.55. The third kappa shape index (κ3) is 4.90. The van der Waals surface area contributed by atoms with Gasteiger partial charge in [-0.2, -0.15) is 0 Å². The van der Waals surface area contributed by atoms with Gasteiger partial charge in [0.15, 0.2) is 5.82 Å². The molecular formula is C48H30N2O. The van der Waals surface area contributed by atoms with Gasteiger partial charge in [-0.3, -0.25) is 0 Å². The fraction of sp³-hybridized carbons (Fsp3) is 0. The summed E-state index contributed by atoms with van der Waals surface area (Å²) in [6.07, 6.45) is 0. The van der Waals surface area contributed by atoms with Gasteiger partial charge in [0, 0.05) is 32.8 Å². The number of hydrogen-bond acceptors (Lipinski definition) is 3. The lowest BCUT2D eigenvalue weighted by molar-refractivity contribution is 0.673. The molecule has 3 nitrogen and oxygen atoms in total. The van der Waals surface area contributed by atoms with Crippen LogP contribution in [0.2, 0.25) is 0 Å². The van der Waals surface area contributed by atoms with Gasteiger partial charge in [0.05, 0.1) is 11.4 Å². The predicted molar refractivity (Wildman–Crippen MR) is 212 cm³/mol. The molecule has 0 aliphatic rings. The van der Waals surface area contributed by atoms with Crippen molar-refractivity contribution in [3.8, 4) is 56.2 Å². The smallest absolute Gasteiger partial charge is 0.160 e. The Bertz CT molecular complexity index is 2840. The van der Waals surface area contributed by atoms with Gasteiger partial charge in [0.25, 0.3) is 0 Å². The van der Waals surface area contributed by atoms with E-state index in [-0.39, 0.29) is 0 Å². The Morgan fingerprint density at radius 1 is 0.373 bits per heavy atom. The molecule has 0 fully saturated rings. The molecule has 0 saturated heterocycles. The first-order valence-corrected chi connectivity index (χ1v) is 17.2. The Balaban J connectivity index is 1.31. The van der Waals surface area contributed by atoms with E-state index in [1.165, 1.54) is 16.5 Å². The number of benzene rings is 8. The molecule has 2 aromatic heterocycles. The highest BCUT2D eigenvalue weighted by Gasteiger charge is 2.22. The molecule has 2 heterocycles. The lowest BCUT2D eigenvalue weighted by Crippen LogP contribution is -1.97. The van der Waals surface area contributed by atoms with E-state index in [2.05, 4.69) is 158 Å². The number of aromatic nitrogens is 2. The second-order valence-corrected chi connectivity index (χ2v) is 12.9. The summed E-state index contributed by atoms with van der Waals surface area (Å²) >= 11 is 0. The quantitative estimate of drug-likeness (QED) is 0.186. The summed E-state index contributed by atoms with van der Waals surface area (Å²) in [5.74, 6) is 0.692. The van der Waals surface area contributed by atoms with Gasteiger partial charge >= 0.3 is 0 Å². The molecule has 238 valence electrons. The van der Waals surface area contributed by atoms with Crippen LogP contribution in [0.25, 0.3) is 99.6 Å². The van der Waals surface area contributed by atoms with E-state index in [1.807, 2.05) is 24.3 Å². The first-order valence-electron chi connectivity index (χ1n) is 17.2. The molecule has 10 aromatic rings. The van der Waals surface area contributed by atoms with Gasteiger partial charge in [0.1, 0.15) is 11.2 Å². The molecule has 0 aliphatic heterocycles. The van der Waals surface area contributed by atoms with Gasteiger partial charge < -0.3 is 4.42 Å². The normalized spacial score (nSPS) is 11.5. The first kappa shape index (κ1) is 29.1. The first-order chi connectivity index (χ1) is 25.3. The average Bonchev–Trinajstić information content (AvgIpc) is 3.60. The Hall–Kier alpha value is -6.84. The second-order valence-electron chi connectivity index (χ2n) is 12.9. The van der Waals surface area contributed by atoms with Crippen molar-refractivity contribution in [1.82, 2.24) is 9.97 Å². The Morgan fingerprint density at radius 3 is 1.76 bits per heavy atom. The molecule has 3 heteroatoms. The fourth-order valence-corrected chi connectivity index (χ4v) is 7.55. The van der Waals surface area contributed by atoms with E-state index in [0.29, 0.717) is 5.82 Å². The van der Waals surface area contributed by atoms with E-state index >= 15 is 0 Å². The Labute approximate surface area is 295 Å². The number of furan rings is 1. The highest BCUT2D eigenvalue weighted by molar-refractivity contribution is 6.24. The van der Waals surface area contributed by atoms with E-state index in [4.69, 9.17) is 14.4 Å². The maximum atomic E-state index is 6.80. The number of rotatable bonds is 5.